The van der Waals surface area contributed by atoms with Crippen molar-refractivity contribution in [3.63, 3.8) is 0 Å². The SMILES string of the molecule is COc1cnc2c(-c3nc4c(C)cc(OCCOC(=O)Nc5ccncc5)cc4s3)cc(C)cc2n1. The number of benzene rings is 2. The molecule has 0 aliphatic heterocycles. The maximum atomic E-state index is 11.9. The Bertz CT molecular complexity index is 1560. The van der Waals surface area contributed by atoms with Crippen LogP contribution in [0.4, 0.5) is 10.5 Å². The number of methoxy groups -OCH3 is 1. The predicted molar refractivity (Wildman–Crippen MR) is 139 cm³/mol. The molecule has 0 fully saturated rings. The van der Waals surface area contributed by atoms with Crippen molar-refractivity contribution in [3.8, 4) is 22.2 Å². The lowest BCUT2D eigenvalue weighted by Gasteiger charge is -2.09. The van der Waals surface area contributed by atoms with E-state index >= 15 is 0 Å². The third kappa shape index (κ3) is 5.03. The summed E-state index contributed by atoms with van der Waals surface area (Å²) in [7, 11) is 1.58. The van der Waals surface area contributed by atoms with Gasteiger partial charge in [0.05, 0.1) is 34.6 Å². The van der Waals surface area contributed by atoms with Crippen LogP contribution in [-0.2, 0) is 4.74 Å². The highest BCUT2D eigenvalue weighted by Gasteiger charge is 2.15. The van der Waals surface area contributed by atoms with Gasteiger partial charge in [-0.3, -0.25) is 10.3 Å². The van der Waals surface area contributed by atoms with E-state index < -0.39 is 6.09 Å². The number of nitrogens with one attached hydrogen (secondary N) is 1. The molecule has 0 unspecified atom stereocenters. The van der Waals surface area contributed by atoms with Crippen LogP contribution >= 0.6 is 11.3 Å². The van der Waals surface area contributed by atoms with Gasteiger partial charge in [-0.05, 0) is 61.4 Å². The topological polar surface area (TPSA) is 108 Å². The lowest BCUT2D eigenvalue weighted by Crippen LogP contribution is -2.17. The van der Waals surface area contributed by atoms with Crippen molar-refractivity contribution in [2.75, 3.05) is 25.6 Å². The molecule has 0 bridgehead atoms. The van der Waals surface area contributed by atoms with E-state index in [1.807, 2.05) is 32.0 Å². The van der Waals surface area contributed by atoms with Crippen molar-refractivity contribution in [1.82, 2.24) is 19.9 Å². The fraction of sp³-hybridized carbons (Fsp3) is 0.192. The summed E-state index contributed by atoms with van der Waals surface area (Å²) in [6.45, 7) is 4.35. The molecule has 5 rings (SSSR count). The van der Waals surface area contributed by atoms with Crippen molar-refractivity contribution < 1.29 is 19.0 Å². The van der Waals surface area contributed by atoms with Crippen LogP contribution in [0, 0.1) is 13.8 Å². The number of thiazole rings is 1. The van der Waals surface area contributed by atoms with Gasteiger partial charge in [-0.15, -0.1) is 11.3 Å². The molecule has 0 aliphatic carbocycles. The molecule has 5 aromatic rings. The normalized spacial score (nSPS) is 11.0. The molecule has 10 heteroatoms. The molecule has 0 saturated heterocycles. The van der Waals surface area contributed by atoms with E-state index in [0.717, 1.165) is 42.9 Å². The Morgan fingerprint density at radius 3 is 2.67 bits per heavy atom. The van der Waals surface area contributed by atoms with Crippen LogP contribution < -0.4 is 14.8 Å². The summed E-state index contributed by atoms with van der Waals surface area (Å²) in [5.41, 5.74) is 6.04. The first-order chi connectivity index (χ1) is 17.5. The summed E-state index contributed by atoms with van der Waals surface area (Å²) >= 11 is 1.57. The Morgan fingerprint density at radius 2 is 1.86 bits per heavy atom. The second-order valence-electron chi connectivity index (χ2n) is 8.04. The smallest absolute Gasteiger partial charge is 0.411 e. The highest BCUT2D eigenvalue weighted by Crippen LogP contribution is 2.37. The van der Waals surface area contributed by atoms with Crippen molar-refractivity contribution in [3.05, 3.63) is 66.1 Å². The van der Waals surface area contributed by atoms with E-state index in [9.17, 15) is 4.79 Å². The Morgan fingerprint density at radius 1 is 1.03 bits per heavy atom. The predicted octanol–water partition coefficient (Wildman–Crippen LogP) is 5.55. The molecular formula is C26H23N5O4S. The van der Waals surface area contributed by atoms with E-state index in [1.165, 1.54) is 0 Å². The maximum absolute atomic E-state index is 11.9. The number of carbonyl (C=O) groups is 1. The standard InChI is InChI=1S/C26H23N5O4S/c1-15-10-19(24-20(11-15)30-22(33-3)14-28-24)25-31-23-16(2)12-18(13-21(23)36-25)34-8-9-35-26(32)29-17-4-6-27-7-5-17/h4-7,10-14H,8-9H2,1-3H3,(H,27,29,32). The first kappa shape index (κ1) is 23.4. The van der Waals surface area contributed by atoms with Gasteiger partial charge >= 0.3 is 6.09 Å². The number of ether oxygens (including phenoxy) is 3. The zero-order valence-electron chi connectivity index (χ0n) is 19.9. The minimum Gasteiger partial charge on any atom is -0.490 e. The summed E-state index contributed by atoms with van der Waals surface area (Å²) in [6.07, 6.45) is 4.25. The second-order valence-corrected chi connectivity index (χ2v) is 9.07. The molecule has 36 heavy (non-hydrogen) atoms. The Kier molecular flexibility index (Phi) is 6.59. The van der Waals surface area contributed by atoms with Gasteiger partial charge in [0.2, 0.25) is 5.88 Å². The molecule has 1 N–H and O–H groups in total. The van der Waals surface area contributed by atoms with E-state index in [0.29, 0.717) is 17.3 Å². The van der Waals surface area contributed by atoms with E-state index in [4.69, 9.17) is 19.2 Å². The van der Waals surface area contributed by atoms with Crippen molar-refractivity contribution in [1.29, 1.82) is 0 Å². The number of hydrogen-bond donors (Lipinski definition) is 1. The number of carbonyl (C=O) groups excluding carboxylic acids is 1. The third-order valence-corrected chi connectivity index (χ3v) is 6.42. The Labute approximate surface area is 211 Å². The van der Waals surface area contributed by atoms with E-state index in [1.54, 1.807) is 49.2 Å². The lowest BCUT2D eigenvalue weighted by molar-refractivity contribution is 0.138. The first-order valence-corrected chi connectivity index (χ1v) is 12.0. The molecule has 182 valence electrons. The van der Waals surface area contributed by atoms with E-state index in [-0.39, 0.29) is 13.2 Å². The van der Waals surface area contributed by atoms with Crippen LogP contribution in [0.1, 0.15) is 11.1 Å². The first-order valence-electron chi connectivity index (χ1n) is 11.2. The minimum absolute atomic E-state index is 0.110. The highest BCUT2D eigenvalue weighted by molar-refractivity contribution is 7.21. The van der Waals surface area contributed by atoms with Gasteiger partial charge in [0.1, 0.15) is 24.0 Å². The number of fused-ring (bicyclic) bond motifs is 2. The monoisotopic (exact) mass is 501 g/mol. The van der Waals surface area contributed by atoms with Crippen LogP contribution in [0.5, 0.6) is 11.6 Å². The fourth-order valence-corrected chi connectivity index (χ4v) is 4.84. The zero-order chi connectivity index (χ0) is 25.1. The summed E-state index contributed by atoms with van der Waals surface area (Å²) in [4.78, 5) is 29.8. The highest BCUT2D eigenvalue weighted by atomic mass is 32.1. The average Bonchev–Trinajstić information content (AvgIpc) is 3.31. The third-order valence-electron chi connectivity index (χ3n) is 5.38. The van der Waals surface area contributed by atoms with E-state index in [2.05, 4.69) is 26.3 Å². The quantitative estimate of drug-likeness (QED) is 0.289. The minimum atomic E-state index is -0.547. The molecule has 0 saturated carbocycles. The van der Waals surface area contributed by atoms with Gasteiger partial charge in [0.15, 0.2) is 0 Å². The Hall–Kier alpha value is -4.31. The van der Waals surface area contributed by atoms with Gasteiger partial charge in [-0.25, -0.2) is 19.7 Å². The van der Waals surface area contributed by atoms with Crippen molar-refractivity contribution in [2.24, 2.45) is 0 Å². The fourth-order valence-electron chi connectivity index (χ4n) is 3.76. The number of anilines is 1. The van der Waals surface area contributed by atoms with Crippen LogP contribution in [0.3, 0.4) is 0 Å². The molecule has 3 heterocycles. The van der Waals surface area contributed by atoms with Crippen molar-refractivity contribution >= 4 is 44.4 Å². The van der Waals surface area contributed by atoms with Gasteiger partial charge in [-0.1, -0.05) is 0 Å². The Balaban J connectivity index is 1.31. The number of aryl methyl sites for hydroxylation is 2. The molecule has 1 amide bonds. The molecule has 0 radical (unpaired) electrons. The molecule has 0 atom stereocenters. The number of pyridine rings is 1. The van der Waals surface area contributed by atoms with Gasteiger partial charge in [0, 0.05) is 23.6 Å². The summed E-state index contributed by atoms with van der Waals surface area (Å²) in [5.74, 6) is 1.16. The molecule has 2 aromatic carbocycles. The molecule has 0 spiro atoms. The molecule has 3 aromatic heterocycles. The zero-order valence-corrected chi connectivity index (χ0v) is 20.8. The number of hydrogen-bond acceptors (Lipinski definition) is 9. The van der Waals surface area contributed by atoms with Crippen LogP contribution in [0.2, 0.25) is 0 Å². The molecule has 9 nitrogen and oxygen atoms in total. The number of amides is 1. The second kappa shape index (κ2) is 10.1. The van der Waals surface area contributed by atoms with Crippen LogP contribution in [-0.4, -0.2) is 46.4 Å². The van der Waals surface area contributed by atoms with Crippen molar-refractivity contribution in [2.45, 2.75) is 13.8 Å². The maximum Gasteiger partial charge on any atom is 0.411 e. The summed E-state index contributed by atoms with van der Waals surface area (Å²) in [6, 6.07) is 11.3. The van der Waals surface area contributed by atoms with Gasteiger partial charge in [-0.2, -0.15) is 0 Å². The van der Waals surface area contributed by atoms with Crippen LogP contribution in [0.25, 0.3) is 31.8 Å². The average molecular weight is 502 g/mol. The largest absolute Gasteiger partial charge is 0.490 e. The summed E-state index contributed by atoms with van der Waals surface area (Å²) < 4.78 is 17.3. The van der Waals surface area contributed by atoms with Gasteiger partial charge in [0.25, 0.3) is 0 Å². The number of nitrogens with zero attached hydrogens (tertiary/aromatic N) is 4. The van der Waals surface area contributed by atoms with Crippen LogP contribution in [0.15, 0.2) is 55.0 Å². The molecule has 0 aliphatic rings. The molecular weight excluding hydrogens is 478 g/mol. The summed E-state index contributed by atoms with van der Waals surface area (Å²) in [5, 5.41) is 3.49. The number of rotatable bonds is 7. The number of aromatic nitrogens is 4. The van der Waals surface area contributed by atoms with Gasteiger partial charge < -0.3 is 14.2 Å². The lowest BCUT2D eigenvalue weighted by atomic mass is 10.1.